The number of aromatic amines is 1. The smallest absolute Gasteiger partial charge is 0.222 e. The lowest BCUT2D eigenvalue weighted by Gasteiger charge is -1.96. The van der Waals surface area contributed by atoms with E-state index in [1.165, 1.54) is 0 Å². The van der Waals surface area contributed by atoms with Crippen molar-refractivity contribution in [2.24, 2.45) is 0 Å². The molecule has 2 N–H and O–H groups in total. The second-order valence-corrected chi connectivity index (χ2v) is 3.99. The van der Waals surface area contributed by atoms with Crippen molar-refractivity contribution in [1.29, 1.82) is 5.26 Å². The molecule has 20 heavy (non-hydrogen) atoms. The minimum absolute atomic E-state index is 0.694. The first kappa shape index (κ1) is 13.6. The fraction of sp³-hybridized carbons (Fsp3) is 0.133. The SMILES string of the molecule is CCNc1ncccn1.N#Cc1ccc2[nH]ccc2c1. The van der Waals surface area contributed by atoms with Gasteiger partial charge in [-0.3, -0.25) is 0 Å². The van der Waals surface area contributed by atoms with Crippen molar-refractivity contribution in [2.45, 2.75) is 6.92 Å². The zero-order valence-electron chi connectivity index (χ0n) is 11.2. The monoisotopic (exact) mass is 265 g/mol. The average molecular weight is 265 g/mol. The van der Waals surface area contributed by atoms with Crippen LogP contribution in [0.1, 0.15) is 12.5 Å². The van der Waals surface area contributed by atoms with E-state index in [4.69, 9.17) is 5.26 Å². The van der Waals surface area contributed by atoms with Gasteiger partial charge in [0, 0.05) is 36.0 Å². The van der Waals surface area contributed by atoms with E-state index in [2.05, 4.69) is 26.3 Å². The molecule has 0 aliphatic rings. The Morgan fingerprint density at radius 3 is 2.75 bits per heavy atom. The second kappa shape index (κ2) is 6.90. The van der Waals surface area contributed by atoms with E-state index < -0.39 is 0 Å². The Bertz CT molecular complexity index is 697. The zero-order chi connectivity index (χ0) is 14.2. The van der Waals surface area contributed by atoms with Crippen LogP contribution >= 0.6 is 0 Å². The van der Waals surface area contributed by atoms with Gasteiger partial charge in [0.25, 0.3) is 0 Å². The number of nitrogens with one attached hydrogen (secondary N) is 2. The number of hydrogen-bond donors (Lipinski definition) is 2. The molecule has 100 valence electrons. The number of benzene rings is 1. The van der Waals surface area contributed by atoms with Crippen LogP contribution in [-0.2, 0) is 0 Å². The van der Waals surface area contributed by atoms with Crippen LogP contribution in [0.4, 0.5) is 5.95 Å². The summed E-state index contributed by atoms with van der Waals surface area (Å²) in [6.45, 7) is 2.88. The highest BCUT2D eigenvalue weighted by molar-refractivity contribution is 5.80. The number of fused-ring (bicyclic) bond motifs is 1. The quantitative estimate of drug-likeness (QED) is 0.746. The van der Waals surface area contributed by atoms with Gasteiger partial charge in [-0.1, -0.05) is 0 Å². The molecule has 0 atom stereocenters. The van der Waals surface area contributed by atoms with Gasteiger partial charge in [0.1, 0.15) is 0 Å². The molecule has 0 fully saturated rings. The fourth-order valence-electron chi connectivity index (χ4n) is 1.67. The van der Waals surface area contributed by atoms with Crippen molar-refractivity contribution in [3.8, 4) is 6.07 Å². The molecule has 3 rings (SSSR count). The van der Waals surface area contributed by atoms with Crippen LogP contribution in [0, 0.1) is 11.3 Å². The van der Waals surface area contributed by atoms with Crippen molar-refractivity contribution in [1.82, 2.24) is 15.0 Å². The maximum Gasteiger partial charge on any atom is 0.222 e. The first-order valence-corrected chi connectivity index (χ1v) is 6.31. The lowest BCUT2D eigenvalue weighted by atomic mass is 10.2. The number of H-pyrrole nitrogens is 1. The molecule has 2 heterocycles. The molecule has 3 aromatic rings. The Morgan fingerprint density at radius 1 is 1.25 bits per heavy atom. The third-order valence-electron chi connectivity index (χ3n) is 2.58. The third-order valence-corrected chi connectivity index (χ3v) is 2.58. The van der Waals surface area contributed by atoms with E-state index in [1.807, 2.05) is 31.3 Å². The van der Waals surface area contributed by atoms with Crippen molar-refractivity contribution in [3.05, 3.63) is 54.5 Å². The predicted molar refractivity (Wildman–Crippen MR) is 79.2 cm³/mol. The number of nitrogens with zero attached hydrogens (tertiary/aromatic N) is 3. The Hall–Kier alpha value is -2.87. The zero-order valence-corrected chi connectivity index (χ0v) is 11.2. The molecule has 0 amide bonds. The lowest BCUT2D eigenvalue weighted by molar-refractivity contribution is 1.08. The van der Waals surface area contributed by atoms with Crippen LogP contribution in [0.2, 0.25) is 0 Å². The van der Waals surface area contributed by atoms with E-state index in [1.54, 1.807) is 24.5 Å². The van der Waals surface area contributed by atoms with E-state index >= 15 is 0 Å². The van der Waals surface area contributed by atoms with Gasteiger partial charge in [0.2, 0.25) is 5.95 Å². The molecule has 0 radical (unpaired) electrons. The number of nitriles is 1. The maximum absolute atomic E-state index is 8.57. The number of aromatic nitrogens is 3. The molecule has 0 unspecified atom stereocenters. The topological polar surface area (TPSA) is 77.4 Å². The lowest BCUT2D eigenvalue weighted by Crippen LogP contribution is -2.00. The molecular formula is C15H15N5. The highest BCUT2D eigenvalue weighted by Crippen LogP contribution is 2.12. The first-order valence-electron chi connectivity index (χ1n) is 6.31. The standard InChI is InChI=1S/C9H6N2.C6H9N3/c10-6-7-1-2-9-8(5-7)3-4-11-9;1-2-7-6-8-4-3-5-9-6/h1-5,11H;3-5H,2H2,1H3,(H,7,8,9). The van der Waals surface area contributed by atoms with Crippen molar-refractivity contribution < 1.29 is 0 Å². The van der Waals surface area contributed by atoms with Gasteiger partial charge < -0.3 is 10.3 Å². The number of hydrogen-bond acceptors (Lipinski definition) is 4. The van der Waals surface area contributed by atoms with Crippen LogP contribution in [-0.4, -0.2) is 21.5 Å². The second-order valence-electron chi connectivity index (χ2n) is 3.99. The summed E-state index contributed by atoms with van der Waals surface area (Å²) in [6.07, 6.45) is 5.29. The van der Waals surface area contributed by atoms with Crippen LogP contribution in [0.5, 0.6) is 0 Å². The van der Waals surface area contributed by atoms with E-state index in [0.29, 0.717) is 11.5 Å². The molecule has 0 bridgehead atoms. The van der Waals surface area contributed by atoms with Crippen molar-refractivity contribution in [3.63, 3.8) is 0 Å². The summed E-state index contributed by atoms with van der Waals surface area (Å²) in [5.41, 5.74) is 1.78. The Kier molecular flexibility index (Phi) is 4.68. The minimum Gasteiger partial charge on any atom is -0.361 e. The summed E-state index contributed by atoms with van der Waals surface area (Å²) in [5, 5.41) is 12.6. The van der Waals surface area contributed by atoms with Crippen molar-refractivity contribution in [2.75, 3.05) is 11.9 Å². The molecule has 5 heteroatoms. The summed E-state index contributed by atoms with van der Waals surface area (Å²) in [6, 6.07) is 11.4. The number of anilines is 1. The van der Waals surface area contributed by atoms with Crippen LogP contribution in [0.3, 0.4) is 0 Å². The molecule has 0 saturated carbocycles. The predicted octanol–water partition coefficient (Wildman–Crippen LogP) is 2.95. The summed E-state index contributed by atoms with van der Waals surface area (Å²) >= 11 is 0. The fourth-order valence-corrected chi connectivity index (χ4v) is 1.67. The van der Waals surface area contributed by atoms with E-state index in [-0.39, 0.29) is 0 Å². The van der Waals surface area contributed by atoms with Crippen molar-refractivity contribution >= 4 is 16.9 Å². The summed E-state index contributed by atoms with van der Waals surface area (Å²) in [7, 11) is 0. The Morgan fingerprint density at radius 2 is 2.05 bits per heavy atom. The van der Waals surface area contributed by atoms with Gasteiger partial charge in [-0.05, 0) is 37.3 Å². The Balaban J connectivity index is 0.000000151. The molecule has 5 nitrogen and oxygen atoms in total. The minimum atomic E-state index is 0.694. The normalized spacial score (nSPS) is 9.40. The van der Waals surface area contributed by atoms with Gasteiger partial charge in [-0.25, -0.2) is 9.97 Å². The maximum atomic E-state index is 8.57. The van der Waals surface area contributed by atoms with Crippen LogP contribution in [0.15, 0.2) is 48.9 Å². The third kappa shape index (κ3) is 3.56. The largest absolute Gasteiger partial charge is 0.361 e. The van der Waals surface area contributed by atoms with Gasteiger partial charge in [-0.15, -0.1) is 0 Å². The van der Waals surface area contributed by atoms with E-state index in [0.717, 1.165) is 17.4 Å². The molecule has 0 aliphatic heterocycles. The highest BCUT2D eigenvalue weighted by atomic mass is 15.1. The summed E-state index contributed by atoms with van der Waals surface area (Å²) < 4.78 is 0. The van der Waals surface area contributed by atoms with Gasteiger partial charge in [0.05, 0.1) is 11.6 Å². The van der Waals surface area contributed by atoms with Gasteiger partial charge in [-0.2, -0.15) is 5.26 Å². The van der Waals surface area contributed by atoms with Crippen LogP contribution in [0.25, 0.3) is 10.9 Å². The van der Waals surface area contributed by atoms with Gasteiger partial charge >= 0.3 is 0 Å². The molecule has 0 saturated heterocycles. The van der Waals surface area contributed by atoms with E-state index in [9.17, 15) is 0 Å². The molecule has 1 aromatic carbocycles. The molecule has 0 spiro atoms. The summed E-state index contributed by atoms with van der Waals surface area (Å²) in [4.78, 5) is 11.0. The molecule has 2 aromatic heterocycles. The first-order chi connectivity index (χ1) is 9.83. The summed E-state index contributed by atoms with van der Waals surface area (Å²) in [5.74, 6) is 0.694. The molecule has 0 aliphatic carbocycles. The number of rotatable bonds is 2. The molecular weight excluding hydrogens is 250 g/mol. The highest BCUT2D eigenvalue weighted by Gasteiger charge is 1.94. The Labute approximate surface area is 117 Å². The van der Waals surface area contributed by atoms with Crippen LogP contribution < -0.4 is 5.32 Å². The average Bonchev–Trinajstić information content (AvgIpc) is 2.96. The van der Waals surface area contributed by atoms with Gasteiger partial charge in [0.15, 0.2) is 0 Å².